The van der Waals surface area contributed by atoms with Gasteiger partial charge in [-0.3, -0.25) is 0 Å². The van der Waals surface area contributed by atoms with Crippen LogP contribution in [0.3, 0.4) is 0 Å². The van der Waals surface area contributed by atoms with E-state index in [1.54, 1.807) is 42.6 Å². The molecule has 1 atom stereocenters. The molecule has 1 aromatic heterocycles. The molecule has 0 radical (unpaired) electrons. The topological polar surface area (TPSA) is 66.1 Å². The lowest BCUT2D eigenvalue weighted by atomic mass is 10.0. The minimum atomic E-state index is -0.761. The van der Waals surface area contributed by atoms with Crippen LogP contribution >= 0.6 is 0 Å². The Hall–Kier alpha value is -2.38. The Bertz CT molecular complexity index is 598. The first-order valence-electron chi connectivity index (χ1n) is 6.41. The number of pyridine rings is 1. The minimum Gasteiger partial charge on any atom is -0.475 e. The van der Waals surface area contributed by atoms with E-state index in [0.717, 1.165) is 5.56 Å². The van der Waals surface area contributed by atoms with Gasteiger partial charge in [0.25, 0.3) is 0 Å². The fourth-order valence-corrected chi connectivity index (χ4v) is 1.80. The van der Waals surface area contributed by atoms with Crippen LogP contribution in [0.15, 0.2) is 42.6 Å². The smallest absolute Gasteiger partial charge is 0.213 e. The number of aliphatic hydroxyl groups is 1. The fraction of sp³-hybridized carbons (Fsp3) is 0.250. The molecule has 0 aliphatic carbocycles. The van der Waals surface area contributed by atoms with Gasteiger partial charge in [0.05, 0.1) is 17.7 Å². The summed E-state index contributed by atoms with van der Waals surface area (Å²) in [4.78, 5) is 4.16. The lowest BCUT2D eigenvalue weighted by molar-refractivity contribution is 0.217. The molecule has 102 valence electrons. The third-order valence-corrected chi connectivity index (χ3v) is 2.79. The lowest BCUT2D eigenvalue weighted by Crippen LogP contribution is -2.07. The zero-order valence-corrected chi connectivity index (χ0v) is 11.4. The summed E-state index contributed by atoms with van der Waals surface area (Å²) < 4.78 is 5.46. The third kappa shape index (κ3) is 3.34. The monoisotopic (exact) mass is 268 g/mol. The first-order chi connectivity index (χ1) is 9.60. The standard InChI is InChI=1S/C16H16N2O2/c1-11(2)20-15-8-7-14(10-18-15)16(19)13-5-3-12(9-17)4-6-13/h3-8,10-11,16,19H,1-2H3. The molecule has 4 nitrogen and oxygen atoms in total. The summed E-state index contributed by atoms with van der Waals surface area (Å²) in [6, 6.07) is 12.4. The quantitative estimate of drug-likeness (QED) is 0.926. The molecule has 1 aromatic carbocycles. The summed E-state index contributed by atoms with van der Waals surface area (Å²) in [5.41, 5.74) is 1.98. The van der Waals surface area contributed by atoms with Gasteiger partial charge in [-0.15, -0.1) is 0 Å². The molecule has 0 saturated heterocycles. The Morgan fingerprint density at radius 3 is 2.25 bits per heavy atom. The molecule has 0 aliphatic rings. The van der Waals surface area contributed by atoms with Crippen molar-refractivity contribution in [2.45, 2.75) is 26.1 Å². The maximum Gasteiger partial charge on any atom is 0.213 e. The Balaban J connectivity index is 2.15. The molecule has 1 unspecified atom stereocenters. The summed E-state index contributed by atoms with van der Waals surface area (Å²) in [5, 5.41) is 19.0. The van der Waals surface area contributed by atoms with E-state index in [-0.39, 0.29) is 6.10 Å². The van der Waals surface area contributed by atoms with Crippen molar-refractivity contribution in [1.29, 1.82) is 5.26 Å². The highest BCUT2D eigenvalue weighted by molar-refractivity contribution is 5.36. The number of ether oxygens (including phenoxy) is 1. The number of nitrogens with zero attached hydrogens (tertiary/aromatic N) is 2. The van der Waals surface area contributed by atoms with Crippen LogP contribution in [0.25, 0.3) is 0 Å². The first-order valence-corrected chi connectivity index (χ1v) is 6.41. The van der Waals surface area contributed by atoms with Crippen molar-refractivity contribution in [2.24, 2.45) is 0 Å². The van der Waals surface area contributed by atoms with Crippen LogP contribution in [0.1, 0.15) is 36.6 Å². The molecule has 0 saturated carbocycles. The van der Waals surface area contributed by atoms with E-state index < -0.39 is 6.10 Å². The van der Waals surface area contributed by atoms with Gasteiger partial charge in [0, 0.05) is 17.8 Å². The van der Waals surface area contributed by atoms with Gasteiger partial charge >= 0.3 is 0 Å². The van der Waals surface area contributed by atoms with Gasteiger partial charge in [0.15, 0.2) is 0 Å². The zero-order chi connectivity index (χ0) is 14.5. The molecular formula is C16H16N2O2. The van der Waals surface area contributed by atoms with Gasteiger partial charge in [0.2, 0.25) is 5.88 Å². The number of aromatic nitrogens is 1. The number of hydrogen-bond acceptors (Lipinski definition) is 4. The molecule has 2 rings (SSSR count). The van der Waals surface area contributed by atoms with Gasteiger partial charge in [-0.2, -0.15) is 5.26 Å². The highest BCUT2D eigenvalue weighted by atomic mass is 16.5. The fourth-order valence-electron chi connectivity index (χ4n) is 1.80. The van der Waals surface area contributed by atoms with Crippen molar-refractivity contribution >= 4 is 0 Å². The van der Waals surface area contributed by atoms with Gasteiger partial charge in [-0.25, -0.2) is 4.98 Å². The van der Waals surface area contributed by atoms with E-state index in [9.17, 15) is 5.11 Å². The minimum absolute atomic E-state index is 0.0665. The van der Waals surface area contributed by atoms with Gasteiger partial charge in [-0.05, 0) is 37.6 Å². The van der Waals surface area contributed by atoms with Crippen molar-refractivity contribution in [3.05, 3.63) is 59.3 Å². The average molecular weight is 268 g/mol. The van der Waals surface area contributed by atoms with E-state index >= 15 is 0 Å². The molecule has 0 aliphatic heterocycles. The van der Waals surface area contributed by atoms with E-state index in [1.165, 1.54) is 0 Å². The average Bonchev–Trinajstić information content (AvgIpc) is 2.47. The maximum atomic E-state index is 10.3. The second-order valence-corrected chi connectivity index (χ2v) is 4.73. The lowest BCUT2D eigenvalue weighted by Gasteiger charge is -2.13. The number of nitriles is 1. The molecule has 0 amide bonds. The normalized spacial score (nSPS) is 11.9. The Labute approximate surface area is 118 Å². The first kappa shape index (κ1) is 14.0. The largest absolute Gasteiger partial charge is 0.475 e. The van der Waals surface area contributed by atoms with E-state index in [2.05, 4.69) is 4.98 Å². The van der Waals surface area contributed by atoms with Crippen molar-refractivity contribution in [2.75, 3.05) is 0 Å². The van der Waals surface area contributed by atoms with Crippen LogP contribution in [0, 0.1) is 11.3 Å². The second-order valence-electron chi connectivity index (χ2n) is 4.73. The number of rotatable bonds is 4. The molecule has 0 bridgehead atoms. The SMILES string of the molecule is CC(C)Oc1ccc(C(O)c2ccc(C#N)cc2)cn1. The Morgan fingerprint density at radius 1 is 1.10 bits per heavy atom. The van der Waals surface area contributed by atoms with Crippen molar-refractivity contribution in [3.8, 4) is 11.9 Å². The van der Waals surface area contributed by atoms with Crippen molar-refractivity contribution < 1.29 is 9.84 Å². The molecule has 0 fully saturated rings. The predicted molar refractivity (Wildman–Crippen MR) is 75.2 cm³/mol. The summed E-state index contributed by atoms with van der Waals surface area (Å²) in [6.45, 7) is 3.86. The molecule has 1 heterocycles. The number of aliphatic hydroxyl groups excluding tert-OH is 1. The molecule has 1 N–H and O–H groups in total. The highest BCUT2D eigenvalue weighted by Crippen LogP contribution is 2.23. The van der Waals surface area contributed by atoms with Crippen LogP contribution in [-0.2, 0) is 0 Å². The summed E-state index contributed by atoms with van der Waals surface area (Å²) in [5.74, 6) is 0.538. The van der Waals surface area contributed by atoms with Gasteiger partial charge in [-0.1, -0.05) is 12.1 Å². The number of benzene rings is 1. The predicted octanol–water partition coefficient (Wildman–Crippen LogP) is 2.82. The summed E-state index contributed by atoms with van der Waals surface area (Å²) >= 11 is 0. The Morgan fingerprint density at radius 2 is 1.75 bits per heavy atom. The second kappa shape index (κ2) is 6.18. The Kier molecular flexibility index (Phi) is 4.34. The van der Waals surface area contributed by atoms with Crippen molar-refractivity contribution in [1.82, 2.24) is 4.98 Å². The molecule has 4 heteroatoms. The van der Waals surface area contributed by atoms with Crippen LogP contribution in [0.5, 0.6) is 5.88 Å². The van der Waals surface area contributed by atoms with E-state index in [0.29, 0.717) is 17.0 Å². The summed E-state index contributed by atoms with van der Waals surface area (Å²) in [6.07, 6.45) is 0.903. The molecule has 0 spiro atoms. The van der Waals surface area contributed by atoms with Gasteiger partial charge < -0.3 is 9.84 Å². The molecular weight excluding hydrogens is 252 g/mol. The van der Waals surface area contributed by atoms with Crippen molar-refractivity contribution in [3.63, 3.8) is 0 Å². The third-order valence-electron chi connectivity index (χ3n) is 2.79. The van der Waals surface area contributed by atoms with Gasteiger partial charge in [0.1, 0.15) is 6.10 Å². The summed E-state index contributed by atoms with van der Waals surface area (Å²) in [7, 11) is 0. The zero-order valence-electron chi connectivity index (χ0n) is 11.4. The highest BCUT2D eigenvalue weighted by Gasteiger charge is 2.11. The molecule has 2 aromatic rings. The van der Waals surface area contributed by atoms with Crippen LogP contribution in [0.4, 0.5) is 0 Å². The van der Waals surface area contributed by atoms with Crippen LogP contribution < -0.4 is 4.74 Å². The van der Waals surface area contributed by atoms with E-state index in [4.69, 9.17) is 10.00 Å². The van der Waals surface area contributed by atoms with E-state index in [1.807, 2.05) is 19.9 Å². The van der Waals surface area contributed by atoms with Crippen LogP contribution in [0.2, 0.25) is 0 Å². The maximum absolute atomic E-state index is 10.3. The molecule has 20 heavy (non-hydrogen) atoms. The number of hydrogen-bond donors (Lipinski definition) is 1. The van der Waals surface area contributed by atoms with Crippen LogP contribution in [-0.4, -0.2) is 16.2 Å².